The summed E-state index contributed by atoms with van der Waals surface area (Å²) in [6.45, 7) is 3.80. The Morgan fingerprint density at radius 3 is 1.77 bits per heavy atom. The van der Waals surface area contributed by atoms with Gasteiger partial charge in [-0.25, -0.2) is 0 Å². The Balaban J connectivity index is 3.59. The molecular weight excluding hydrogens is 417 g/mol. The molecular formula is C23H50NO6P. The van der Waals surface area contributed by atoms with E-state index in [4.69, 9.17) is 18.5 Å². The first-order valence-corrected chi connectivity index (χ1v) is 13.7. The average Bonchev–Trinajstić information content (AvgIpc) is 2.69. The Kier molecular flexibility index (Phi) is 19.5. The van der Waals surface area contributed by atoms with Gasteiger partial charge < -0.3 is 27.9 Å². The Morgan fingerprint density at radius 1 is 0.774 bits per heavy atom. The minimum absolute atomic E-state index is 0.0946. The monoisotopic (exact) mass is 467 g/mol. The van der Waals surface area contributed by atoms with Gasteiger partial charge in [0, 0.05) is 13.7 Å². The third-order valence-electron chi connectivity index (χ3n) is 5.21. The highest BCUT2D eigenvalue weighted by Gasteiger charge is 2.16. The van der Waals surface area contributed by atoms with Crippen molar-refractivity contribution in [1.29, 1.82) is 0 Å². The van der Waals surface area contributed by atoms with Crippen LogP contribution in [0.15, 0.2) is 0 Å². The van der Waals surface area contributed by atoms with Crippen molar-refractivity contribution in [2.75, 3.05) is 61.2 Å². The highest BCUT2D eigenvalue weighted by molar-refractivity contribution is 7.45. The largest absolute Gasteiger partial charge is 0.756 e. The van der Waals surface area contributed by atoms with Crippen LogP contribution < -0.4 is 4.89 Å². The maximum absolute atomic E-state index is 11.8. The van der Waals surface area contributed by atoms with Crippen LogP contribution in [0.5, 0.6) is 0 Å². The van der Waals surface area contributed by atoms with Crippen molar-refractivity contribution in [3.8, 4) is 0 Å². The van der Waals surface area contributed by atoms with Crippen molar-refractivity contribution < 1.29 is 32.5 Å². The molecule has 0 radical (unpaired) electrons. The fourth-order valence-electron chi connectivity index (χ4n) is 3.08. The number of ether oxygens (including phenoxy) is 2. The van der Waals surface area contributed by atoms with Crippen molar-refractivity contribution in [3.63, 3.8) is 0 Å². The molecule has 2 unspecified atom stereocenters. The highest BCUT2D eigenvalue weighted by atomic mass is 31.2. The summed E-state index contributed by atoms with van der Waals surface area (Å²) in [4.78, 5) is 11.8. The molecule has 0 saturated carbocycles. The summed E-state index contributed by atoms with van der Waals surface area (Å²) >= 11 is 0. The van der Waals surface area contributed by atoms with Gasteiger partial charge in [-0.3, -0.25) is 4.57 Å². The van der Waals surface area contributed by atoms with Crippen LogP contribution in [0.2, 0.25) is 0 Å². The van der Waals surface area contributed by atoms with Gasteiger partial charge in [0.1, 0.15) is 19.3 Å². The van der Waals surface area contributed by atoms with E-state index in [1.165, 1.54) is 77.7 Å². The third kappa shape index (κ3) is 23.0. The van der Waals surface area contributed by atoms with E-state index in [1.807, 2.05) is 21.1 Å². The molecule has 0 amide bonds. The predicted molar refractivity (Wildman–Crippen MR) is 125 cm³/mol. The maximum Gasteiger partial charge on any atom is 0.268 e. The van der Waals surface area contributed by atoms with Gasteiger partial charge in [0.05, 0.1) is 34.4 Å². The van der Waals surface area contributed by atoms with Gasteiger partial charge >= 0.3 is 0 Å². The maximum atomic E-state index is 11.8. The van der Waals surface area contributed by atoms with Crippen LogP contribution in [0, 0.1) is 0 Å². The van der Waals surface area contributed by atoms with Gasteiger partial charge in [-0.15, -0.1) is 0 Å². The number of nitrogens with zero attached hydrogens (tertiary/aromatic N) is 1. The molecule has 0 heterocycles. The van der Waals surface area contributed by atoms with Crippen LogP contribution in [0.3, 0.4) is 0 Å². The molecule has 0 bridgehead atoms. The van der Waals surface area contributed by atoms with Gasteiger partial charge in [0.25, 0.3) is 7.82 Å². The summed E-state index contributed by atoms with van der Waals surface area (Å²) in [5.41, 5.74) is 0. The number of hydrogen-bond donors (Lipinski definition) is 0. The minimum atomic E-state index is -4.31. The Morgan fingerprint density at radius 2 is 1.29 bits per heavy atom. The first-order valence-electron chi connectivity index (χ1n) is 12.2. The smallest absolute Gasteiger partial charge is 0.268 e. The van der Waals surface area contributed by atoms with E-state index in [-0.39, 0.29) is 13.2 Å². The number of phosphoric acid groups is 1. The number of rotatable bonds is 23. The molecule has 0 aliphatic heterocycles. The third-order valence-corrected chi connectivity index (χ3v) is 6.17. The molecule has 7 nitrogen and oxygen atoms in total. The van der Waals surface area contributed by atoms with Crippen molar-refractivity contribution >= 4 is 7.82 Å². The predicted octanol–water partition coefficient (Wildman–Crippen LogP) is 4.93. The van der Waals surface area contributed by atoms with E-state index >= 15 is 0 Å². The van der Waals surface area contributed by atoms with Crippen molar-refractivity contribution in [1.82, 2.24) is 0 Å². The Labute approximate surface area is 192 Å². The quantitative estimate of drug-likeness (QED) is 0.121. The second kappa shape index (κ2) is 19.5. The number of unbranched alkanes of at least 4 members (excludes halogenated alkanes) is 11. The fourth-order valence-corrected chi connectivity index (χ4v) is 3.81. The number of likely N-dealkylation sites (N-methyl/N-ethyl adjacent to an activating group) is 1. The molecule has 8 heteroatoms. The Hall–Kier alpha value is -0.0100. The molecule has 0 aromatic carbocycles. The first kappa shape index (κ1) is 31.0. The van der Waals surface area contributed by atoms with Gasteiger partial charge in [-0.1, -0.05) is 77.6 Å². The molecule has 0 spiro atoms. The molecule has 188 valence electrons. The minimum Gasteiger partial charge on any atom is -0.756 e. The number of hydrogen-bond acceptors (Lipinski definition) is 6. The number of phosphoric ester groups is 1. The summed E-state index contributed by atoms with van der Waals surface area (Å²) in [5, 5.41) is 0. The van der Waals surface area contributed by atoms with Gasteiger partial charge in [-0.05, 0) is 6.42 Å². The standard InChI is InChI=1S/C23H50NO6P/c1-6-7-8-9-10-11-12-13-14-15-16-17-19-28-21-23(27-5)22-30-31(25,26)29-20-18-24(2,3)4/h23H,6-22H2,1-5H3. The van der Waals surface area contributed by atoms with E-state index in [9.17, 15) is 9.46 Å². The lowest BCUT2D eigenvalue weighted by Crippen LogP contribution is -2.37. The molecule has 0 N–H and O–H groups in total. The second-order valence-corrected chi connectivity index (χ2v) is 10.8. The zero-order valence-electron chi connectivity index (χ0n) is 20.9. The summed E-state index contributed by atoms with van der Waals surface area (Å²) in [5.74, 6) is 0. The number of methoxy groups -OCH3 is 1. The van der Waals surface area contributed by atoms with Crippen LogP contribution in [0.4, 0.5) is 0 Å². The van der Waals surface area contributed by atoms with E-state index < -0.39 is 13.9 Å². The molecule has 0 aliphatic rings. The van der Waals surface area contributed by atoms with Crippen molar-refractivity contribution in [2.45, 2.75) is 90.1 Å². The zero-order valence-corrected chi connectivity index (χ0v) is 21.8. The summed E-state index contributed by atoms with van der Waals surface area (Å²) in [7, 11) is 3.11. The SMILES string of the molecule is CCCCCCCCCCCCCCOCC(COP(=O)([O-])OCC[N+](C)(C)C)OC. The topological polar surface area (TPSA) is 77.1 Å². The molecule has 0 aromatic rings. The molecule has 0 rings (SSSR count). The van der Waals surface area contributed by atoms with Crippen LogP contribution in [0.1, 0.15) is 84.0 Å². The lowest BCUT2D eigenvalue weighted by molar-refractivity contribution is -0.870. The van der Waals surface area contributed by atoms with E-state index in [0.29, 0.717) is 24.2 Å². The van der Waals surface area contributed by atoms with Gasteiger partial charge in [0.2, 0.25) is 0 Å². The lowest BCUT2D eigenvalue weighted by atomic mass is 10.1. The molecule has 0 aromatic heterocycles. The first-order chi connectivity index (χ1) is 14.7. The number of quaternary nitrogens is 1. The van der Waals surface area contributed by atoms with E-state index in [2.05, 4.69) is 6.92 Å². The molecule has 0 fully saturated rings. The van der Waals surface area contributed by atoms with E-state index in [1.54, 1.807) is 0 Å². The van der Waals surface area contributed by atoms with E-state index in [0.717, 1.165) is 6.42 Å². The normalized spacial score (nSPS) is 15.2. The second-order valence-electron chi connectivity index (χ2n) is 9.41. The molecule has 0 aliphatic carbocycles. The van der Waals surface area contributed by atoms with Crippen LogP contribution in [0.25, 0.3) is 0 Å². The van der Waals surface area contributed by atoms with Crippen LogP contribution >= 0.6 is 7.82 Å². The van der Waals surface area contributed by atoms with Crippen LogP contribution in [-0.2, 0) is 23.1 Å². The van der Waals surface area contributed by atoms with Crippen molar-refractivity contribution in [2.24, 2.45) is 0 Å². The lowest BCUT2D eigenvalue weighted by Gasteiger charge is -2.28. The molecule has 2 atom stereocenters. The summed E-state index contributed by atoms with van der Waals surface area (Å²) in [6, 6.07) is 0. The fraction of sp³-hybridized carbons (Fsp3) is 1.00. The van der Waals surface area contributed by atoms with Gasteiger partial charge in [0.15, 0.2) is 0 Å². The van der Waals surface area contributed by atoms with Gasteiger partial charge in [-0.2, -0.15) is 0 Å². The van der Waals surface area contributed by atoms with Crippen LogP contribution in [-0.4, -0.2) is 71.8 Å². The van der Waals surface area contributed by atoms with Crippen molar-refractivity contribution in [3.05, 3.63) is 0 Å². The average molecular weight is 468 g/mol. The Bertz CT molecular complexity index is 444. The molecule has 31 heavy (non-hydrogen) atoms. The highest BCUT2D eigenvalue weighted by Crippen LogP contribution is 2.38. The zero-order chi connectivity index (χ0) is 23.4. The summed E-state index contributed by atoms with van der Waals surface area (Å²) in [6.07, 6.45) is 15.3. The molecule has 0 saturated heterocycles. The summed E-state index contributed by atoms with van der Waals surface area (Å²) < 4.78 is 33.1.